The molecule has 2 heterocycles. The third kappa shape index (κ3) is 5.57. The summed E-state index contributed by atoms with van der Waals surface area (Å²) in [6.07, 6.45) is 5.31. The van der Waals surface area contributed by atoms with Crippen LogP contribution in [0.3, 0.4) is 0 Å². The van der Waals surface area contributed by atoms with E-state index in [-0.39, 0.29) is 30.1 Å². The highest BCUT2D eigenvalue weighted by molar-refractivity contribution is 14.0. The summed E-state index contributed by atoms with van der Waals surface area (Å²) in [6.45, 7) is 5.55. The maximum absolute atomic E-state index is 6.11. The molecule has 1 aromatic heterocycles. The summed E-state index contributed by atoms with van der Waals surface area (Å²) < 4.78 is 5.68. The van der Waals surface area contributed by atoms with Crippen LogP contribution in [0, 0.1) is 0 Å². The number of thiophene rings is 1. The van der Waals surface area contributed by atoms with E-state index in [4.69, 9.17) is 10.5 Å². The number of ether oxygens (including phenoxy) is 1. The first-order valence-electron chi connectivity index (χ1n) is 8.68. The zero-order valence-corrected chi connectivity index (χ0v) is 17.5. The monoisotopic (exact) mass is 464 g/mol. The molecule has 0 radical (unpaired) electrons. The van der Waals surface area contributed by atoms with Gasteiger partial charge < -0.3 is 15.8 Å². The van der Waals surface area contributed by atoms with Crippen LogP contribution in [0.15, 0.2) is 22.5 Å². The zero-order chi connectivity index (χ0) is 16.1. The minimum atomic E-state index is 0. The predicted molar refractivity (Wildman–Crippen MR) is 111 cm³/mol. The summed E-state index contributed by atoms with van der Waals surface area (Å²) in [5, 5.41) is 5.51. The van der Waals surface area contributed by atoms with Gasteiger partial charge in [0.25, 0.3) is 0 Å². The Kier molecular flexibility index (Phi) is 8.25. The molecule has 1 aliphatic carbocycles. The number of aliphatic imine (C=N–C) groups is 1. The fraction of sp³-hybridized carbons (Fsp3) is 0.706. The number of hydrogen-bond donors (Lipinski definition) is 2. The van der Waals surface area contributed by atoms with Crippen molar-refractivity contribution in [3.63, 3.8) is 0 Å². The third-order valence-corrected chi connectivity index (χ3v) is 5.70. The van der Waals surface area contributed by atoms with Gasteiger partial charge in [0.1, 0.15) is 0 Å². The molecule has 136 valence electrons. The molecule has 1 aliphatic heterocycles. The third-order valence-electron chi connectivity index (χ3n) is 4.73. The van der Waals surface area contributed by atoms with Crippen molar-refractivity contribution in [2.45, 2.75) is 50.8 Å². The van der Waals surface area contributed by atoms with E-state index in [1.54, 1.807) is 11.3 Å². The highest BCUT2D eigenvalue weighted by Gasteiger charge is 2.26. The van der Waals surface area contributed by atoms with Crippen molar-refractivity contribution in [1.82, 2.24) is 10.2 Å². The summed E-state index contributed by atoms with van der Waals surface area (Å²) >= 11 is 1.80. The number of morpholine rings is 1. The van der Waals surface area contributed by atoms with Crippen LogP contribution in [0.4, 0.5) is 0 Å². The molecule has 2 aliphatic rings. The second kappa shape index (κ2) is 9.94. The van der Waals surface area contributed by atoms with Gasteiger partial charge in [0.05, 0.1) is 25.3 Å². The average Bonchev–Trinajstić information content (AvgIpc) is 3.21. The molecule has 0 aromatic carbocycles. The Bertz CT molecular complexity index is 505. The highest BCUT2D eigenvalue weighted by atomic mass is 127. The summed E-state index contributed by atoms with van der Waals surface area (Å²) in [5.41, 5.74) is 6.11. The molecule has 7 heteroatoms. The quantitative estimate of drug-likeness (QED) is 0.400. The molecular weight excluding hydrogens is 435 g/mol. The van der Waals surface area contributed by atoms with Crippen LogP contribution in [-0.2, 0) is 4.74 Å². The van der Waals surface area contributed by atoms with Crippen molar-refractivity contribution in [3.8, 4) is 0 Å². The molecular formula is C17H29IN4OS. The summed E-state index contributed by atoms with van der Waals surface area (Å²) in [6, 6.07) is 5.12. The Balaban J connectivity index is 0.00000208. The van der Waals surface area contributed by atoms with E-state index in [1.807, 2.05) is 0 Å². The fourth-order valence-corrected chi connectivity index (χ4v) is 4.36. The minimum Gasteiger partial charge on any atom is -0.376 e. The number of halogens is 1. The normalized spacial score (nSPS) is 24.5. The first-order chi connectivity index (χ1) is 11.2. The SMILES string of the molecule is CC1CN(C(CN=C(N)NC2CCCC2)c2cccs2)CCO1.I. The second-order valence-corrected chi connectivity index (χ2v) is 7.54. The van der Waals surface area contributed by atoms with E-state index >= 15 is 0 Å². The fourth-order valence-electron chi connectivity index (χ4n) is 3.50. The number of guanidine groups is 1. The van der Waals surface area contributed by atoms with E-state index in [0.717, 1.165) is 19.7 Å². The average molecular weight is 464 g/mol. The Labute approximate surface area is 166 Å². The number of nitrogens with two attached hydrogens (primary N) is 1. The Morgan fingerprint density at radius 2 is 2.29 bits per heavy atom. The Morgan fingerprint density at radius 3 is 2.96 bits per heavy atom. The van der Waals surface area contributed by atoms with Crippen molar-refractivity contribution in [3.05, 3.63) is 22.4 Å². The van der Waals surface area contributed by atoms with Crippen LogP contribution in [0.5, 0.6) is 0 Å². The van der Waals surface area contributed by atoms with Crippen LogP contribution in [-0.4, -0.2) is 49.2 Å². The molecule has 0 bridgehead atoms. The molecule has 3 N–H and O–H groups in total. The molecule has 2 unspecified atom stereocenters. The lowest BCUT2D eigenvalue weighted by Crippen LogP contribution is -2.44. The molecule has 5 nitrogen and oxygen atoms in total. The molecule has 1 saturated heterocycles. The van der Waals surface area contributed by atoms with Gasteiger partial charge in [-0.3, -0.25) is 9.89 Å². The lowest BCUT2D eigenvalue weighted by atomic mass is 10.1. The van der Waals surface area contributed by atoms with Crippen molar-refractivity contribution < 1.29 is 4.74 Å². The summed E-state index contributed by atoms with van der Waals surface area (Å²) in [7, 11) is 0. The van der Waals surface area contributed by atoms with Crippen LogP contribution >= 0.6 is 35.3 Å². The Morgan fingerprint density at radius 1 is 1.50 bits per heavy atom. The molecule has 3 rings (SSSR count). The van der Waals surface area contributed by atoms with Crippen LogP contribution in [0.1, 0.15) is 43.5 Å². The van der Waals surface area contributed by atoms with E-state index in [2.05, 4.69) is 39.6 Å². The van der Waals surface area contributed by atoms with E-state index in [9.17, 15) is 0 Å². The lowest BCUT2D eigenvalue weighted by Gasteiger charge is -2.36. The first kappa shape index (κ1) is 19.9. The summed E-state index contributed by atoms with van der Waals surface area (Å²) in [4.78, 5) is 8.49. The first-order valence-corrected chi connectivity index (χ1v) is 9.56. The number of rotatable bonds is 5. The van der Waals surface area contributed by atoms with E-state index in [0.29, 0.717) is 24.6 Å². The molecule has 1 saturated carbocycles. The Hall–Kier alpha value is -0.380. The molecule has 0 spiro atoms. The maximum Gasteiger partial charge on any atom is 0.188 e. The van der Waals surface area contributed by atoms with Gasteiger partial charge in [0.2, 0.25) is 0 Å². The van der Waals surface area contributed by atoms with Gasteiger partial charge >= 0.3 is 0 Å². The van der Waals surface area contributed by atoms with E-state index in [1.165, 1.54) is 30.6 Å². The van der Waals surface area contributed by atoms with Crippen molar-refractivity contribution in [2.75, 3.05) is 26.2 Å². The molecule has 2 atom stereocenters. The molecule has 24 heavy (non-hydrogen) atoms. The molecule has 2 fully saturated rings. The van der Waals surface area contributed by atoms with Crippen LogP contribution < -0.4 is 11.1 Å². The van der Waals surface area contributed by atoms with Crippen molar-refractivity contribution in [1.29, 1.82) is 0 Å². The topological polar surface area (TPSA) is 62.9 Å². The van der Waals surface area contributed by atoms with Crippen molar-refractivity contribution >= 4 is 41.3 Å². The molecule has 0 amide bonds. The van der Waals surface area contributed by atoms with Gasteiger partial charge in [0, 0.05) is 24.0 Å². The lowest BCUT2D eigenvalue weighted by molar-refractivity contribution is -0.0327. The second-order valence-electron chi connectivity index (χ2n) is 6.56. The van der Waals surface area contributed by atoms with Gasteiger partial charge in [-0.1, -0.05) is 18.9 Å². The van der Waals surface area contributed by atoms with Crippen LogP contribution in [0.25, 0.3) is 0 Å². The highest BCUT2D eigenvalue weighted by Crippen LogP contribution is 2.27. The van der Waals surface area contributed by atoms with E-state index < -0.39 is 0 Å². The number of hydrogen-bond acceptors (Lipinski definition) is 4. The smallest absolute Gasteiger partial charge is 0.188 e. The molecule has 1 aromatic rings. The van der Waals surface area contributed by atoms with Gasteiger partial charge in [-0.25, -0.2) is 0 Å². The van der Waals surface area contributed by atoms with Gasteiger partial charge in [0.15, 0.2) is 5.96 Å². The maximum atomic E-state index is 6.11. The standard InChI is InChI=1S/C17H28N4OS.HI/c1-13-12-21(8-9-22-13)15(16-7-4-10-23-16)11-19-17(18)20-14-5-2-3-6-14;/h4,7,10,13-15H,2-3,5-6,8-9,11-12H2,1H3,(H3,18,19,20);1H. The predicted octanol–water partition coefficient (Wildman–Crippen LogP) is 2.97. The van der Waals surface area contributed by atoms with Gasteiger partial charge in [-0.2, -0.15) is 0 Å². The minimum absolute atomic E-state index is 0. The van der Waals surface area contributed by atoms with Crippen molar-refractivity contribution in [2.24, 2.45) is 10.7 Å². The van der Waals surface area contributed by atoms with Crippen LogP contribution in [0.2, 0.25) is 0 Å². The van der Waals surface area contributed by atoms with Gasteiger partial charge in [-0.05, 0) is 31.2 Å². The summed E-state index contributed by atoms with van der Waals surface area (Å²) in [5.74, 6) is 0.597. The number of nitrogens with one attached hydrogen (secondary N) is 1. The largest absolute Gasteiger partial charge is 0.376 e. The van der Waals surface area contributed by atoms with Gasteiger partial charge in [-0.15, -0.1) is 35.3 Å². The zero-order valence-electron chi connectivity index (χ0n) is 14.3. The number of nitrogens with zero attached hydrogens (tertiary/aromatic N) is 2.